The van der Waals surface area contributed by atoms with Crippen molar-refractivity contribution in [2.24, 2.45) is 0 Å². The maximum absolute atomic E-state index is 5.81. The van der Waals surface area contributed by atoms with Gasteiger partial charge in [-0.1, -0.05) is 23.9 Å². The maximum atomic E-state index is 5.81. The lowest BCUT2D eigenvalue weighted by atomic mass is 10.1. The minimum Gasteiger partial charge on any atom is -0.492 e. The molecule has 2 heterocycles. The van der Waals surface area contributed by atoms with E-state index >= 15 is 0 Å². The zero-order chi connectivity index (χ0) is 16.2. The van der Waals surface area contributed by atoms with Gasteiger partial charge >= 0.3 is 0 Å². The summed E-state index contributed by atoms with van der Waals surface area (Å²) in [6.07, 6.45) is 1.61. The summed E-state index contributed by atoms with van der Waals surface area (Å²) in [5.41, 5.74) is 3.15. The Morgan fingerprint density at radius 2 is 2.00 bits per heavy atom. The molecule has 3 rings (SSSR count). The molecular weight excluding hydrogens is 312 g/mol. The van der Waals surface area contributed by atoms with E-state index in [-0.39, 0.29) is 0 Å². The van der Waals surface area contributed by atoms with Crippen molar-refractivity contribution >= 4 is 11.8 Å². The summed E-state index contributed by atoms with van der Waals surface area (Å²) in [6.45, 7) is 6.54. The molecule has 0 radical (unpaired) electrons. The highest BCUT2D eigenvalue weighted by molar-refractivity contribution is 7.99. The molecule has 0 aliphatic rings. The normalized spacial score (nSPS) is 10.9. The average molecular weight is 330 g/mol. The van der Waals surface area contributed by atoms with Crippen molar-refractivity contribution in [2.45, 2.75) is 26.0 Å². The molecule has 3 aromatic rings. The first kappa shape index (κ1) is 15.7. The van der Waals surface area contributed by atoms with E-state index in [2.05, 4.69) is 29.3 Å². The first-order valence-electron chi connectivity index (χ1n) is 7.34. The van der Waals surface area contributed by atoms with E-state index in [1.807, 2.05) is 26.0 Å². The Morgan fingerprint density at radius 3 is 2.78 bits per heavy atom. The van der Waals surface area contributed by atoms with Crippen LogP contribution in [-0.4, -0.2) is 22.6 Å². The van der Waals surface area contributed by atoms with E-state index in [9.17, 15) is 0 Å². The van der Waals surface area contributed by atoms with E-state index in [4.69, 9.17) is 13.6 Å². The number of aryl methyl sites for hydroxylation is 3. The predicted octanol–water partition coefficient (Wildman–Crippen LogP) is 4.43. The van der Waals surface area contributed by atoms with Crippen LogP contribution in [0.2, 0.25) is 0 Å². The Labute approximate surface area is 139 Å². The second kappa shape index (κ2) is 6.91. The molecule has 6 heteroatoms. The minimum absolute atomic E-state index is 0.481. The van der Waals surface area contributed by atoms with Crippen molar-refractivity contribution in [3.63, 3.8) is 0 Å². The van der Waals surface area contributed by atoms with Crippen molar-refractivity contribution in [3.05, 3.63) is 47.4 Å². The van der Waals surface area contributed by atoms with Crippen molar-refractivity contribution in [2.75, 3.05) is 12.4 Å². The number of ether oxygens (including phenoxy) is 1. The summed E-state index contributed by atoms with van der Waals surface area (Å²) in [5.74, 6) is 2.91. The SMILES string of the molecule is Cc1ccc(C)c(OCCSc2nnc(-c3ccoc3C)o2)c1. The summed E-state index contributed by atoms with van der Waals surface area (Å²) in [5, 5.41) is 8.61. The summed E-state index contributed by atoms with van der Waals surface area (Å²) < 4.78 is 16.7. The third-order valence-electron chi connectivity index (χ3n) is 3.41. The van der Waals surface area contributed by atoms with E-state index < -0.39 is 0 Å². The van der Waals surface area contributed by atoms with E-state index in [0.29, 0.717) is 17.7 Å². The lowest BCUT2D eigenvalue weighted by Crippen LogP contribution is -2.01. The van der Waals surface area contributed by atoms with Gasteiger partial charge in [0, 0.05) is 5.75 Å². The second-order valence-corrected chi connectivity index (χ2v) is 6.28. The number of hydrogen-bond donors (Lipinski definition) is 0. The van der Waals surface area contributed by atoms with Crippen molar-refractivity contribution in [1.82, 2.24) is 10.2 Å². The highest BCUT2D eigenvalue weighted by Gasteiger charge is 2.13. The van der Waals surface area contributed by atoms with Gasteiger partial charge in [0.1, 0.15) is 11.5 Å². The Morgan fingerprint density at radius 1 is 1.13 bits per heavy atom. The summed E-state index contributed by atoms with van der Waals surface area (Å²) >= 11 is 1.48. The Balaban J connectivity index is 1.53. The highest BCUT2D eigenvalue weighted by atomic mass is 32.2. The number of thioether (sulfide) groups is 1. The van der Waals surface area contributed by atoms with E-state index in [1.54, 1.807) is 6.26 Å². The molecule has 0 spiro atoms. The zero-order valence-corrected chi connectivity index (χ0v) is 14.1. The molecule has 0 unspecified atom stereocenters. The molecule has 1 aromatic carbocycles. The molecule has 0 amide bonds. The lowest BCUT2D eigenvalue weighted by molar-refractivity contribution is 0.340. The van der Waals surface area contributed by atoms with Gasteiger partial charge in [0.2, 0.25) is 0 Å². The monoisotopic (exact) mass is 330 g/mol. The van der Waals surface area contributed by atoms with Crippen LogP contribution in [0.5, 0.6) is 5.75 Å². The zero-order valence-electron chi connectivity index (χ0n) is 13.3. The third kappa shape index (κ3) is 3.76. The van der Waals surface area contributed by atoms with Gasteiger partial charge in [0.15, 0.2) is 0 Å². The molecule has 0 aliphatic heterocycles. The molecule has 5 nitrogen and oxygen atoms in total. The highest BCUT2D eigenvalue weighted by Crippen LogP contribution is 2.26. The van der Waals surface area contributed by atoms with E-state index in [1.165, 1.54) is 17.3 Å². The number of furan rings is 1. The quantitative estimate of drug-likeness (QED) is 0.492. The number of benzene rings is 1. The van der Waals surface area contributed by atoms with Gasteiger partial charge in [-0.25, -0.2) is 0 Å². The molecule has 0 fully saturated rings. The molecule has 0 bridgehead atoms. The number of rotatable bonds is 6. The van der Waals surface area contributed by atoms with Gasteiger partial charge in [-0.15, -0.1) is 10.2 Å². The maximum Gasteiger partial charge on any atom is 0.276 e. The van der Waals surface area contributed by atoms with Crippen LogP contribution in [-0.2, 0) is 0 Å². The van der Waals surface area contributed by atoms with Crippen molar-refractivity contribution in [1.29, 1.82) is 0 Å². The van der Waals surface area contributed by atoms with Crippen LogP contribution in [0.15, 0.2) is 44.6 Å². The molecular formula is C17H18N2O3S. The van der Waals surface area contributed by atoms with Crippen molar-refractivity contribution in [3.8, 4) is 17.2 Å². The molecule has 0 aliphatic carbocycles. The van der Waals surface area contributed by atoms with Crippen molar-refractivity contribution < 1.29 is 13.6 Å². The molecule has 2 aromatic heterocycles. The van der Waals surface area contributed by atoms with Gasteiger partial charge in [-0.05, 0) is 44.0 Å². The fourth-order valence-electron chi connectivity index (χ4n) is 2.13. The number of aromatic nitrogens is 2. The molecule has 0 N–H and O–H groups in total. The van der Waals surface area contributed by atoms with Gasteiger partial charge in [-0.2, -0.15) is 0 Å². The van der Waals surface area contributed by atoms with Crippen LogP contribution in [0.4, 0.5) is 0 Å². The van der Waals surface area contributed by atoms with Gasteiger partial charge in [-0.3, -0.25) is 0 Å². The van der Waals surface area contributed by atoms with Crippen LogP contribution in [0.3, 0.4) is 0 Å². The number of hydrogen-bond acceptors (Lipinski definition) is 6. The second-order valence-electron chi connectivity index (χ2n) is 5.23. The average Bonchev–Trinajstić information content (AvgIpc) is 3.15. The minimum atomic E-state index is 0.481. The summed E-state index contributed by atoms with van der Waals surface area (Å²) in [7, 11) is 0. The summed E-state index contributed by atoms with van der Waals surface area (Å²) in [6, 6.07) is 8.01. The standard InChI is InChI=1S/C17H18N2O3S/c1-11-4-5-12(2)15(10-11)21-8-9-23-17-19-18-16(22-17)14-6-7-20-13(14)3/h4-7,10H,8-9H2,1-3H3. The fraction of sp³-hybridized carbons (Fsp3) is 0.294. The van der Waals surface area contributed by atoms with Gasteiger partial charge < -0.3 is 13.6 Å². The van der Waals surface area contributed by atoms with Crippen LogP contribution < -0.4 is 4.74 Å². The smallest absolute Gasteiger partial charge is 0.276 e. The summed E-state index contributed by atoms with van der Waals surface area (Å²) in [4.78, 5) is 0. The Bertz CT molecular complexity index is 795. The molecule has 0 saturated carbocycles. The topological polar surface area (TPSA) is 61.3 Å². The van der Waals surface area contributed by atoms with Crippen LogP contribution in [0, 0.1) is 20.8 Å². The molecule has 0 atom stereocenters. The molecule has 0 saturated heterocycles. The Kier molecular flexibility index (Phi) is 4.71. The molecule has 120 valence electrons. The first-order valence-corrected chi connectivity index (χ1v) is 8.33. The van der Waals surface area contributed by atoms with E-state index in [0.717, 1.165) is 28.4 Å². The van der Waals surface area contributed by atoms with Gasteiger partial charge in [0.25, 0.3) is 11.1 Å². The lowest BCUT2D eigenvalue weighted by Gasteiger charge is -2.08. The van der Waals surface area contributed by atoms with Crippen LogP contribution >= 0.6 is 11.8 Å². The predicted molar refractivity (Wildman–Crippen MR) is 88.9 cm³/mol. The number of nitrogens with zero attached hydrogens (tertiary/aromatic N) is 2. The largest absolute Gasteiger partial charge is 0.492 e. The Hall–Kier alpha value is -2.21. The third-order valence-corrected chi connectivity index (χ3v) is 4.19. The van der Waals surface area contributed by atoms with Crippen LogP contribution in [0.25, 0.3) is 11.5 Å². The first-order chi connectivity index (χ1) is 11.1. The fourth-order valence-corrected chi connectivity index (χ4v) is 2.70. The molecule has 23 heavy (non-hydrogen) atoms. The van der Waals surface area contributed by atoms with Gasteiger partial charge in [0.05, 0.1) is 18.4 Å². The van der Waals surface area contributed by atoms with Crippen LogP contribution in [0.1, 0.15) is 16.9 Å².